The first kappa shape index (κ1) is 21.5. The molecule has 0 saturated heterocycles. The Morgan fingerprint density at radius 1 is 1.26 bits per heavy atom. The third-order valence-corrected chi connectivity index (χ3v) is 5.23. The topological polar surface area (TPSA) is 49.7 Å². The van der Waals surface area contributed by atoms with Crippen LogP contribution in [0.25, 0.3) is 6.08 Å². The van der Waals surface area contributed by atoms with Gasteiger partial charge in [-0.3, -0.25) is 0 Å². The average molecular weight is 368 g/mol. The van der Waals surface area contributed by atoms with Gasteiger partial charge in [0.05, 0.1) is 6.10 Å². The van der Waals surface area contributed by atoms with Crippen molar-refractivity contribution in [2.45, 2.75) is 72.2 Å². The highest BCUT2D eigenvalue weighted by atomic mass is 16.5. The summed E-state index contributed by atoms with van der Waals surface area (Å²) in [5.74, 6) is 0.377. The van der Waals surface area contributed by atoms with E-state index in [-0.39, 0.29) is 6.10 Å². The van der Waals surface area contributed by atoms with Gasteiger partial charge in [0.2, 0.25) is 0 Å². The van der Waals surface area contributed by atoms with Crippen LogP contribution in [-0.4, -0.2) is 23.4 Å². The maximum Gasteiger partial charge on any atom is 0.458 e. The second kappa shape index (κ2) is 9.96. The van der Waals surface area contributed by atoms with Crippen LogP contribution in [0.3, 0.4) is 0 Å². The summed E-state index contributed by atoms with van der Waals surface area (Å²) in [6.45, 7) is 12.3. The minimum atomic E-state index is -0.718. The number of hydrogen-bond donors (Lipinski definition) is 2. The van der Waals surface area contributed by atoms with Crippen molar-refractivity contribution in [1.29, 1.82) is 0 Å². The van der Waals surface area contributed by atoms with E-state index >= 15 is 0 Å². The molecule has 1 aliphatic rings. The molecule has 0 bridgehead atoms. The Balaban J connectivity index is 2.17. The number of allylic oxidation sites excluding steroid dienone is 2. The van der Waals surface area contributed by atoms with Crippen LogP contribution in [0.2, 0.25) is 6.32 Å². The largest absolute Gasteiger partial charge is 0.507 e. The summed E-state index contributed by atoms with van der Waals surface area (Å²) in [5, 5.41) is 19.9. The second-order valence-electron chi connectivity index (χ2n) is 7.53. The van der Waals surface area contributed by atoms with Crippen LogP contribution in [0.15, 0.2) is 41.5 Å². The van der Waals surface area contributed by atoms with Crippen molar-refractivity contribution < 1.29 is 14.8 Å². The van der Waals surface area contributed by atoms with E-state index in [2.05, 4.69) is 32.6 Å². The van der Waals surface area contributed by atoms with E-state index in [0.717, 1.165) is 59.9 Å². The van der Waals surface area contributed by atoms with E-state index in [1.165, 1.54) is 5.57 Å². The first-order valence-corrected chi connectivity index (χ1v) is 10.1. The molecule has 4 heteroatoms. The number of phenols is 1. The number of hydrogen-bond acceptors (Lipinski definition) is 3. The Morgan fingerprint density at radius 2 is 1.93 bits per heavy atom. The number of aryl methyl sites for hydroxylation is 2. The van der Waals surface area contributed by atoms with Crippen molar-refractivity contribution in [3.05, 3.63) is 58.2 Å². The lowest BCUT2D eigenvalue weighted by atomic mass is 9.77. The zero-order valence-corrected chi connectivity index (χ0v) is 17.2. The van der Waals surface area contributed by atoms with E-state index in [4.69, 9.17) is 4.65 Å². The number of aromatic hydroxyl groups is 1. The molecule has 1 aromatic carbocycles. The summed E-state index contributed by atoms with van der Waals surface area (Å²) < 4.78 is 5.82. The summed E-state index contributed by atoms with van der Waals surface area (Å²) in [5.41, 5.74) is 6.55. The summed E-state index contributed by atoms with van der Waals surface area (Å²) in [4.78, 5) is 0. The van der Waals surface area contributed by atoms with Gasteiger partial charge in [-0.2, -0.15) is 0 Å². The summed E-state index contributed by atoms with van der Waals surface area (Å²) in [6.07, 6.45) is 9.52. The van der Waals surface area contributed by atoms with Crippen LogP contribution in [0.5, 0.6) is 5.75 Å². The van der Waals surface area contributed by atoms with Crippen molar-refractivity contribution in [3.63, 3.8) is 0 Å². The molecule has 2 N–H and O–H groups in total. The van der Waals surface area contributed by atoms with Crippen LogP contribution in [0, 0.1) is 13.8 Å². The fourth-order valence-corrected chi connectivity index (χ4v) is 3.69. The summed E-state index contributed by atoms with van der Waals surface area (Å²) in [6, 6.07) is 4.06. The first-order chi connectivity index (χ1) is 12.8. The van der Waals surface area contributed by atoms with Gasteiger partial charge < -0.3 is 14.8 Å². The fourth-order valence-electron chi connectivity index (χ4n) is 3.69. The van der Waals surface area contributed by atoms with Gasteiger partial charge in [0, 0.05) is 6.32 Å². The predicted molar refractivity (Wildman–Crippen MR) is 115 cm³/mol. The van der Waals surface area contributed by atoms with Crippen LogP contribution in [0.1, 0.15) is 62.6 Å². The van der Waals surface area contributed by atoms with Crippen LogP contribution in [0.4, 0.5) is 0 Å². The van der Waals surface area contributed by atoms with Crippen LogP contribution < -0.4 is 0 Å². The molecule has 0 radical (unpaired) electrons. The predicted octanol–water partition coefficient (Wildman–Crippen LogP) is 5.74. The van der Waals surface area contributed by atoms with E-state index < -0.39 is 7.12 Å². The molecule has 1 heterocycles. The van der Waals surface area contributed by atoms with Crippen LogP contribution >= 0.6 is 0 Å². The third-order valence-electron chi connectivity index (χ3n) is 5.23. The smallest absolute Gasteiger partial charge is 0.458 e. The summed E-state index contributed by atoms with van der Waals surface area (Å²) >= 11 is 0. The first-order valence-electron chi connectivity index (χ1n) is 10.1. The molecule has 3 nitrogen and oxygen atoms in total. The summed E-state index contributed by atoms with van der Waals surface area (Å²) in [7, 11) is -0.718. The monoisotopic (exact) mass is 368 g/mol. The molecule has 1 aromatic rings. The molecule has 27 heavy (non-hydrogen) atoms. The molecule has 0 saturated carbocycles. The Labute approximate surface area is 164 Å². The molecular weight excluding hydrogens is 335 g/mol. The SMILES string of the molecule is C=C(CC)C1=CCB(O)OC1CC/C(=C/c1cc(C)c(O)c(C)c1)CCC. The van der Waals surface area contributed by atoms with Gasteiger partial charge in [-0.15, -0.1) is 0 Å². The normalized spacial score (nSPS) is 17.8. The third kappa shape index (κ3) is 5.85. The zero-order valence-electron chi connectivity index (χ0n) is 17.2. The number of benzene rings is 1. The highest BCUT2D eigenvalue weighted by molar-refractivity contribution is 6.43. The van der Waals surface area contributed by atoms with Gasteiger partial charge in [-0.05, 0) is 73.9 Å². The van der Waals surface area contributed by atoms with Gasteiger partial charge in [0.1, 0.15) is 5.75 Å². The van der Waals surface area contributed by atoms with Crippen LogP contribution in [-0.2, 0) is 4.65 Å². The Kier molecular flexibility index (Phi) is 7.94. The Morgan fingerprint density at radius 3 is 2.52 bits per heavy atom. The van der Waals surface area contributed by atoms with E-state index in [1.54, 1.807) is 0 Å². The molecule has 0 aromatic heterocycles. The minimum absolute atomic E-state index is 0.0928. The lowest BCUT2D eigenvalue weighted by Gasteiger charge is -2.28. The van der Waals surface area contributed by atoms with E-state index in [1.807, 2.05) is 26.0 Å². The average Bonchev–Trinajstić information content (AvgIpc) is 2.63. The van der Waals surface area contributed by atoms with Crippen molar-refractivity contribution in [3.8, 4) is 5.75 Å². The lowest BCUT2D eigenvalue weighted by molar-refractivity contribution is 0.182. The van der Waals surface area contributed by atoms with Gasteiger partial charge >= 0.3 is 7.12 Å². The molecule has 0 fully saturated rings. The minimum Gasteiger partial charge on any atom is -0.507 e. The lowest BCUT2D eigenvalue weighted by Crippen LogP contribution is -2.31. The molecule has 1 aliphatic heterocycles. The number of phenolic OH excluding ortho intramolecular Hbond substituents is 1. The maximum absolute atomic E-state index is 10.00. The maximum atomic E-state index is 10.00. The molecule has 2 rings (SSSR count). The highest BCUT2D eigenvalue weighted by Gasteiger charge is 2.27. The molecule has 146 valence electrons. The molecule has 1 unspecified atom stereocenters. The van der Waals surface area contributed by atoms with Crippen molar-refractivity contribution >= 4 is 13.2 Å². The van der Waals surface area contributed by atoms with Crippen molar-refractivity contribution in [2.75, 3.05) is 0 Å². The number of rotatable bonds is 8. The van der Waals surface area contributed by atoms with E-state index in [9.17, 15) is 10.1 Å². The Hall–Kier alpha value is -1.78. The van der Waals surface area contributed by atoms with Gasteiger partial charge in [-0.25, -0.2) is 0 Å². The zero-order chi connectivity index (χ0) is 20.0. The van der Waals surface area contributed by atoms with Crippen molar-refractivity contribution in [2.24, 2.45) is 0 Å². The highest BCUT2D eigenvalue weighted by Crippen LogP contribution is 2.30. The van der Waals surface area contributed by atoms with Gasteiger partial charge in [-0.1, -0.05) is 50.1 Å². The Bertz CT molecular complexity index is 710. The van der Waals surface area contributed by atoms with Gasteiger partial charge in [0.15, 0.2) is 0 Å². The van der Waals surface area contributed by atoms with E-state index in [0.29, 0.717) is 12.1 Å². The van der Waals surface area contributed by atoms with Gasteiger partial charge in [0.25, 0.3) is 0 Å². The quantitative estimate of drug-likeness (QED) is 0.575. The second-order valence-corrected chi connectivity index (χ2v) is 7.53. The fraction of sp³-hybridized carbons (Fsp3) is 0.478. The molecule has 0 spiro atoms. The molecule has 0 amide bonds. The van der Waals surface area contributed by atoms with Crippen molar-refractivity contribution in [1.82, 2.24) is 0 Å². The molecule has 1 atom stereocenters. The standard InChI is InChI=1S/C23H33BO3/c1-6-8-19(15-20-13-17(4)23(25)18(5)14-20)9-10-22-21(16(3)7-2)11-12-24(26)27-22/h11,13-15,22,25-26H,3,6-10,12H2,1-2,4-5H3/b19-15+. The molecule has 0 aliphatic carbocycles. The molecular formula is C23H33BO3.